The number of benzene rings is 1. The summed E-state index contributed by atoms with van der Waals surface area (Å²) in [4.78, 5) is 0. The number of tetrazole rings is 1. The normalized spacial score (nSPS) is 10.7. The van der Waals surface area contributed by atoms with E-state index in [4.69, 9.17) is 21.1 Å². The Morgan fingerprint density at radius 1 is 1.12 bits per heavy atom. The van der Waals surface area contributed by atoms with Gasteiger partial charge in [0.25, 0.3) is 0 Å². The molecule has 0 aliphatic rings. The van der Waals surface area contributed by atoms with Crippen molar-refractivity contribution in [3.8, 4) is 11.5 Å². The van der Waals surface area contributed by atoms with Crippen LogP contribution < -0.4 is 14.8 Å². The molecule has 0 radical (unpaired) electrons. The van der Waals surface area contributed by atoms with Crippen LogP contribution in [0.25, 0.3) is 0 Å². The largest absolute Gasteiger partial charge is 0.490 e. The fraction of sp³-hybridized carbons (Fsp3) is 0.562. The zero-order valence-electron chi connectivity index (χ0n) is 14.4. The Labute approximate surface area is 147 Å². The van der Waals surface area contributed by atoms with Crippen LogP contribution in [0.15, 0.2) is 12.1 Å². The van der Waals surface area contributed by atoms with E-state index >= 15 is 0 Å². The van der Waals surface area contributed by atoms with Crippen LogP contribution in [0.1, 0.15) is 39.2 Å². The van der Waals surface area contributed by atoms with Crippen molar-refractivity contribution in [3.63, 3.8) is 0 Å². The highest BCUT2D eigenvalue weighted by Gasteiger charge is 2.12. The lowest BCUT2D eigenvalue weighted by molar-refractivity contribution is 0.276. The number of halogens is 1. The highest BCUT2D eigenvalue weighted by molar-refractivity contribution is 6.31. The molecule has 0 atom stereocenters. The molecule has 8 heteroatoms. The standard InChI is InChI=1S/C16H24ClN5O2/c1-4-7-22-16(19-20-21-22)18-11-12-9-14(23-6-3)15(10-13(12)17)24-8-5-2/h9-10H,4-8,11H2,1-3H3,(H,18,19,21). The van der Waals surface area contributed by atoms with Crippen molar-refractivity contribution in [1.29, 1.82) is 0 Å². The van der Waals surface area contributed by atoms with Crippen LogP contribution in [0.2, 0.25) is 5.02 Å². The molecule has 0 saturated carbocycles. The summed E-state index contributed by atoms with van der Waals surface area (Å²) in [5.74, 6) is 1.99. The lowest BCUT2D eigenvalue weighted by Gasteiger charge is -2.15. The van der Waals surface area contributed by atoms with Crippen LogP contribution in [0.4, 0.5) is 5.95 Å². The number of nitrogens with zero attached hydrogens (tertiary/aromatic N) is 4. The fourth-order valence-electron chi connectivity index (χ4n) is 2.17. The van der Waals surface area contributed by atoms with E-state index < -0.39 is 0 Å². The van der Waals surface area contributed by atoms with E-state index in [2.05, 4.69) is 34.7 Å². The van der Waals surface area contributed by atoms with Crippen molar-refractivity contribution < 1.29 is 9.47 Å². The highest BCUT2D eigenvalue weighted by Crippen LogP contribution is 2.34. The zero-order valence-corrected chi connectivity index (χ0v) is 15.1. The summed E-state index contributed by atoms with van der Waals surface area (Å²) in [7, 11) is 0. The summed E-state index contributed by atoms with van der Waals surface area (Å²) in [5.41, 5.74) is 0.898. The van der Waals surface area contributed by atoms with Gasteiger partial charge >= 0.3 is 0 Å². The second-order valence-corrected chi connectivity index (χ2v) is 5.66. The molecule has 0 unspecified atom stereocenters. The summed E-state index contributed by atoms with van der Waals surface area (Å²) < 4.78 is 13.1. The summed E-state index contributed by atoms with van der Waals surface area (Å²) >= 11 is 6.39. The summed E-state index contributed by atoms with van der Waals surface area (Å²) in [6.45, 7) is 8.51. The number of aromatic nitrogens is 4. The minimum atomic E-state index is 0.497. The quantitative estimate of drug-likeness (QED) is 0.704. The maximum Gasteiger partial charge on any atom is 0.243 e. The monoisotopic (exact) mass is 353 g/mol. The second-order valence-electron chi connectivity index (χ2n) is 5.25. The van der Waals surface area contributed by atoms with Crippen molar-refractivity contribution >= 4 is 17.5 Å². The third kappa shape index (κ3) is 4.74. The van der Waals surface area contributed by atoms with Gasteiger partial charge in [-0.05, 0) is 41.8 Å². The van der Waals surface area contributed by atoms with Crippen molar-refractivity contribution in [2.75, 3.05) is 18.5 Å². The van der Waals surface area contributed by atoms with Crippen LogP contribution in [0, 0.1) is 0 Å². The average Bonchev–Trinajstić information content (AvgIpc) is 3.01. The van der Waals surface area contributed by atoms with Gasteiger partial charge in [0.1, 0.15) is 0 Å². The Bertz CT molecular complexity index is 647. The van der Waals surface area contributed by atoms with Gasteiger partial charge in [0.05, 0.1) is 13.2 Å². The zero-order chi connectivity index (χ0) is 17.4. The molecule has 7 nitrogen and oxygen atoms in total. The maximum absolute atomic E-state index is 6.39. The summed E-state index contributed by atoms with van der Waals surface area (Å²) in [5, 5.41) is 15.5. The molecule has 0 fully saturated rings. The van der Waals surface area contributed by atoms with E-state index in [1.54, 1.807) is 10.7 Å². The molecule has 1 aromatic heterocycles. The Morgan fingerprint density at radius 2 is 1.92 bits per heavy atom. The molecule has 2 aromatic rings. The molecule has 0 aliphatic carbocycles. The molecule has 1 heterocycles. The van der Waals surface area contributed by atoms with Crippen molar-refractivity contribution in [2.24, 2.45) is 0 Å². The van der Waals surface area contributed by atoms with E-state index in [0.29, 0.717) is 42.2 Å². The van der Waals surface area contributed by atoms with E-state index in [9.17, 15) is 0 Å². The van der Waals surface area contributed by atoms with Gasteiger partial charge in [0, 0.05) is 24.2 Å². The van der Waals surface area contributed by atoms with E-state index in [1.807, 2.05) is 13.0 Å². The molecular weight excluding hydrogens is 330 g/mol. The Balaban J connectivity index is 2.14. The Hall–Kier alpha value is -2.02. The van der Waals surface area contributed by atoms with Crippen molar-refractivity contribution in [3.05, 3.63) is 22.7 Å². The van der Waals surface area contributed by atoms with Gasteiger partial charge in [-0.15, -0.1) is 0 Å². The maximum atomic E-state index is 6.39. The molecule has 1 aromatic carbocycles. The summed E-state index contributed by atoms with van der Waals surface area (Å²) in [6.07, 6.45) is 1.88. The third-order valence-corrected chi connectivity index (χ3v) is 3.63. The van der Waals surface area contributed by atoms with E-state index in [1.165, 1.54) is 0 Å². The van der Waals surface area contributed by atoms with Gasteiger partial charge in [-0.1, -0.05) is 30.5 Å². The number of rotatable bonds is 10. The number of hydrogen-bond acceptors (Lipinski definition) is 6. The first-order chi connectivity index (χ1) is 11.7. The Kier molecular flexibility index (Phi) is 7.11. The smallest absolute Gasteiger partial charge is 0.243 e. The van der Waals surface area contributed by atoms with Gasteiger partial charge in [0.15, 0.2) is 11.5 Å². The molecule has 0 aliphatic heterocycles. The minimum absolute atomic E-state index is 0.497. The van der Waals surface area contributed by atoms with Crippen LogP contribution in [0.3, 0.4) is 0 Å². The second kappa shape index (κ2) is 9.32. The van der Waals surface area contributed by atoms with Crippen LogP contribution in [-0.2, 0) is 13.1 Å². The number of nitrogens with one attached hydrogen (secondary N) is 1. The first kappa shape index (κ1) is 18.3. The van der Waals surface area contributed by atoms with Crippen LogP contribution >= 0.6 is 11.6 Å². The summed E-state index contributed by atoms with van der Waals surface area (Å²) in [6, 6.07) is 3.70. The van der Waals surface area contributed by atoms with Crippen LogP contribution in [-0.4, -0.2) is 33.4 Å². The molecule has 24 heavy (non-hydrogen) atoms. The number of aryl methyl sites for hydroxylation is 1. The predicted molar refractivity (Wildman–Crippen MR) is 93.8 cm³/mol. The minimum Gasteiger partial charge on any atom is -0.490 e. The lowest BCUT2D eigenvalue weighted by atomic mass is 10.2. The van der Waals surface area contributed by atoms with E-state index in [0.717, 1.165) is 24.9 Å². The van der Waals surface area contributed by atoms with Gasteiger partial charge in [-0.25, -0.2) is 4.68 Å². The third-order valence-electron chi connectivity index (χ3n) is 3.28. The molecule has 0 bridgehead atoms. The van der Waals surface area contributed by atoms with Gasteiger partial charge in [0.2, 0.25) is 5.95 Å². The molecule has 0 saturated heterocycles. The first-order valence-electron chi connectivity index (χ1n) is 8.27. The first-order valence-corrected chi connectivity index (χ1v) is 8.65. The number of hydrogen-bond donors (Lipinski definition) is 1. The molecule has 0 spiro atoms. The topological polar surface area (TPSA) is 74.1 Å². The molecule has 0 amide bonds. The van der Waals surface area contributed by atoms with Crippen molar-refractivity contribution in [1.82, 2.24) is 20.2 Å². The molecule has 1 N–H and O–H groups in total. The SMILES string of the molecule is CCCOc1cc(Cl)c(CNc2nnnn2CCC)cc1OCC. The van der Waals surface area contributed by atoms with Crippen LogP contribution in [0.5, 0.6) is 11.5 Å². The molecular formula is C16H24ClN5O2. The van der Waals surface area contributed by atoms with Gasteiger partial charge < -0.3 is 14.8 Å². The van der Waals surface area contributed by atoms with E-state index in [-0.39, 0.29) is 0 Å². The Morgan fingerprint density at radius 3 is 2.62 bits per heavy atom. The van der Waals surface area contributed by atoms with Gasteiger partial charge in [-0.2, -0.15) is 0 Å². The lowest BCUT2D eigenvalue weighted by Crippen LogP contribution is -2.09. The predicted octanol–water partition coefficient (Wildman–Crippen LogP) is 3.54. The molecule has 132 valence electrons. The van der Waals surface area contributed by atoms with Crippen molar-refractivity contribution in [2.45, 2.75) is 46.7 Å². The number of ether oxygens (including phenoxy) is 2. The average molecular weight is 354 g/mol. The highest BCUT2D eigenvalue weighted by atomic mass is 35.5. The molecule has 2 rings (SSSR count). The fourth-order valence-corrected chi connectivity index (χ4v) is 2.39. The van der Waals surface area contributed by atoms with Gasteiger partial charge in [-0.3, -0.25) is 0 Å². The number of anilines is 1.